The van der Waals surface area contributed by atoms with E-state index < -0.39 is 41.1 Å². The van der Waals surface area contributed by atoms with E-state index in [-0.39, 0.29) is 29.7 Å². The maximum absolute atomic E-state index is 13.0. The number of benzene rings is 1. The Morgan fingerprint density at radius 3 is 2.59 bits per heavy atom. The second-order valence-corrected chi connectivity index (χ2v) is 9.94. The van der Waals surface area contributed by atoms with Crippen LogP contribution < -0.4 is 9.64 Å². The Morgan fingerprint density at radius 1 is 1.25 bits per heavy atom. The van der Waals surface area contributed by atoms with Gasteiger partial charge in [0.05, 0.1) is 16.7 Å². The van der Waals surface area contributed by atoms with Crippen molar-refractivity contribution >= 4 is 23.5 Å². The Kier molecular flexibility index (Phi) is 4.43. The zero-order valence-corrected chi connectivity index (χ0v) is 18.4. The van der Waals surface area contributed by atoms with Crippen LogP contribution in [0.1, 0.15) is 44.2 Å². The summed E-state index contributed by atoms with van der Waals surface area (Å²) in [6.07, 6.45) is -0.714. The number of ketones is 1. The summed E-state index contributed by atoms with van der Waals surface area (Å²) >= 11 is 0. The van der Waals surface area contributed by atoms with Crippen molar-refractivity contribution in [2.45, 2.75) is 68.7 Å². The van der Waals surface area contributed by atoms with Gasteiger partial charge < -0.3 is 25.0 Å². The largest absolute Gasteiger partial charge is 0.480 e. The fourth-order valence-corrected chi connectivity index (χ4v) is 6.79. The molecule has 9 heteroatoms. The number of ether oxygens (including phenoxy) is 1. The number of amides is 1. The Hall–Kier alpha value is -2.65. The molecule has 1 unspecified atom stereocenters. The van der Waals surface area contributed by atoms with E-state index in [0.29, 0.717) is 31.4 Å². The molecular weight excluding hydrogens is 416 g/mol. The molecule has 172 valence electrons. The highest BCUT2D eigenvalue weighted by Gasteiger charge is 2.72. The maximum atomic E-state index is 13.0. The summed E-state index contributed by atoms with van der Waals surface area (Å²) in [4.78, 5) is 40.3. The highest BCUT2D eigenvalue weighted by atomic mass is 16.5. The molecule has 1 saturated heterocycles. The number of anilines is 1. The molecule has 1 spiro atoms. The van der Waals surface area contributed by atoms with Crippen molar-refractivity contribution in [1.82, 2.24) is 4.90 Å². The van der Waals surface area contributed by atoms with Crippen LogP contribution in [-0.2, 0) is 21.4 Å². The van der Waals surface area contributed by atoms with Crippen LogP contribution in [-0.4, -0.2) is 75.4 Å². The number of carbonyl (C=O) groups excluding carboxylic acids is 1. The Balaban J connectivity index is 1.77. The maximum Gasteiger partial charge on any atom is 0.412 e. The SMILES string of the molecule is CC(C)[C@@H](C(=O)O)N(C(=O)O)c1ccc2c3c1OC1C(=O)CC[C@@]4(O)[C@@H](C2)N(C)CC[C@]314. The lowest BCUT2D eigenvalue weighted by Gasteiger charge is -2.62. The second-order valence-electron chi connectivity index (χ2n) is 9.94. The van der Waals surface area contributed by atoms with Gasteiger partial charge in [0, 0.05) is 18.0 Å². The molecule has 4 aliphatic rings. The first-order valence-corrected chi connectivity index (χ1v) is 11.1. The third-order valence-corrected chi connectivity index (χ3v) is 8.15. The molecule has 2 aliphatic carbocycles. The molecule has 1 amide bonds. The minimum absolute atomic E-state index is 0.103. The van der Waals surface area contributed by atoms with E-state index in [1.165, 1.54) is 0 Å². The molecule has 1 saturated carbocycles. The first-order valence-electron chi connectivity index (χ1n) is 11.1. The van der Waals surface area contributed by atoms with Crippen LogP contribution in [0.25, 0.3) is 0 Å². The summed E-state index contributed by atoms with van der Waals surface area (Å²) in [7, 11) is 1.98. The van der Waals surface area contributed by atoms with Crippen molar-refractivity contribution < 1.29 is 34.4 Å². The number of hydrogen-bond acceptors (Lipinski definition) is 6. The van der Waals surface area contributed by atoms with Gasteiger partial charge in [-0.1, -0.05) is 19.9 Å². The van der Waals surface area contributed by atoms with Crippen molar-refractivity contribution in [2.24, 2.45) is 5.92 Å². The molecular formula is C23H28N2O7. The standard InChI is InChI=1S/C23H28N2O7/c1-11(2)17(20(27)28)25(21(29)30)13-5-4-12-10-15-23(31)7-6-14(26)19-22(23,8-9-24(15)3)16(12)18(13)32-19/h4-5,11,15,17,19,31H,6-10H2,1-3H3,(H,27,28)(H,29,30)/t15-,17+,19?,22+,23-/m1/s1. The molecule has 0 aromatic heterocycles. The third-order valence-electron chi connectivity index (χ3n) is 8.15. The number of likely N-dealkylation sites (N-methyl/N-ethyl adjacent to an activating group) is 1. The van der Waals surface area contributed by atoms with Gasteiger partial charge in [-0.25, -0.2) is 9.59 Å². The molecule has 1 aromatic carbocycles. The van der Waals surface area contributed by atoms with Gasteiger partial charge in [-0.15, -0.1) is 0 Å². The summed E-state index contributed by atoms with van der Waals surface area (Å²) < 4.78 is 6.24. The average Bonchev–Trinajstić information content (AvgIpc) is 3.07. The third kappa shape index (κ3) is 2.38. The van der Waals surface area contributed by atoms with Crippen molar-refractivity contribution in [1.29, 1.82) is 0 Å². The van der Waals surface area contributed by atoms with Crippen LogP contribution in [0.5, 0.6) is 5.75 Å². The number of hydrogen-bond donors (Lipinski definition) is 3. The number of likely N-dealkylation sites (tertiary alicyclic amines) is 1. The monoisotopic (exact) mass is 444 g/mol. The van der Waals surface area contributed by atoms with Gasteiger partial charge in [-0.3, -0.25) is 9.69 Å². The number of carbonyl (C=O) groups is 3. The van der Waals surface area contributed by atoms with E-state index in [9.17, 15) is 29.7 Å². The highest BCUT2D eigenvalue weighted by molar-refractivity contribution is 5.98. The van der Waals surface area contributed by atoms with Crippen molar-refractivity contribution in [2.75, 3.05) is 18.5 Å². The molecule has 2 heterocycles. The number of nitrogens with zero attached hydrogens (tertiary/aromatic N) is 2. The van der Waals surface area contributed by atoms with Crippen LogP contribution in [0.2, 0.25) is 0 Å². The summed E-state index contributed by atoms with van der Waals surface area (Å²) in [5, 5.41) is 31.8. The number of piperidine rings is 1. The summed E-state index contributed by atoms with van der Waals surface area (Å²) in [5.41, 5.74) is -0.385. The van der Waals surface area contributed by atoms with Crippen molar-refractivity contribution in [3.05, 3.63) is 23.3 Å². The fourth-order valence-electron chi connectivity index (χ4n) is 6.79. The zero-order chi connectivity index (χ0) is 23.2. The molecule has 3 N–H and O–H groups in total. The van der Waals surface area contributed by atoms with Gasteiger partial charge in [-0.2, -0.15) is 0 Å². The number of carboxylic acids is 1. The van der Waals surface area contributed by atoms with Crippen molar-refractivity contribution in [3.8, 4) is 5.75 Å². The number of aliphatic hydroxyl groups is 1. The van der Waals surface area contributed by atoms with Gasteiger partial charge in [0.15, 0.2) is 11.9 Å². The molecule has 32 heavy (non-hydrogen) atoms. The summed E-state index contributed by atoms with van der Waals surface area (Å²) in [6, 6.07) is 1.90. The van der Waals surface area contributed by atoms with Crippen LogP contribution >= 0.6 is 0 Å². The Labute approximate surface area is 185 Å². The Morgan fingerprint density at radius 2 is 1.97 bits per heavy atom. The normalized spacial score (nSPS) is 33.5. The molecule has 2 bridgehead atoms. The molecule has 1 aromatic rings. The zero-order valence-electron chi connectivity index (χ0n) is 18.4. The van der Waals surface area contributed by atoms with E-state index in [2.05, 4.69) is 4.90 Å². The predicted octanol–water partition coefficient (Wildman–Crippen LogP) is 1.63. The molecule has 5 atom stereocenters. The van der Waals surface area contributed by atoms with Crippen LogP contribution in [0.15, 0.2) is 12.1 Å². The molecule has 2 fully saturated rings. The summed E-state index contributed by atoms with van der Waals surface area (Å²) in [5.74, 6) is -1.63. The van der Waals surface area contributed by atoms with E-state index in [4.69, 9.17) is 4.74 Å². The molecule has 5 rings (SSSR count). The topological polar surface area (TPSA) is 128 Å². The lowest BCUT2D eigenvalue weighted by Crippen LogP contribution is -2.76. The molecule has 2 aliphatic heterocycles. The minimum Gasteiger partial charge on any atom is -0.480 e. The minimum atomic E-state index is -1.41. The van der Waals surface area contributed by atoms with Gasteiger partial charge in [0.25, 0.3) is 0 Å². The van der Waals surface area contributed by atoms with Crippen LogP contribution in [0.4, 0.5) is 10.5 Å². The van der Waals surface area contributed by atoms with Crippen LogP contribution in [0.3, 0.4) is 0 Å². The quantitative estimate of drug-likeness (QED) is 0.640. The lowest BCUT2D eigenvalue weighted by atomic mass is 9.49. The molecule has 9 nitrogen and oxygen atoms in total. The number of aliphatic carboxylic acids is 1. The van der Waals surface area contributed by atoms with E-state index >= 15 is 0 Å². The van der Waals surface area contributed by atoms with E-state index in [1.54, 1.807) is 19.9 Å². The first-order chi connectivity index (χ1) is 15.0. The van der Waals surface area contributed by atoms with Crippen molar-refractivity contribution in [3.63, 3.8) is 0 Å². The molecule has 0 radical (unpaired) electrons. The van der Waals surface area contributed by atoms with E-state index in [0.717, 1.165) is 10.5 Å². The predicted molar refractivity (Wildman–Crippen MR) is 113 cm³/mol. The lowest BCUT2D eigenvalue weighted by molar-refractivity contribution is -0.185. The fraction of sp³-hybridized carbons (Fsp3) is 0.609. The first kappa shape index (κ1) is 21.2. The Bertz CT molecular complexity index is 1040. The average molecular weight is 444 g/mol. The smallest absolute Gasteiger partial charge is 0.412 e. The van der Waals surface area contributed by atoms with E-state index in [1.807, 2.05) is 13.1 Å². The number of Topliss-reactive ketones (excluding diaryl/α,β-unsaturated/α-hetero) is 1. The number of rotatable bonds is 4. The number of carboxylic acid groups (broad SMARTS) is 2. The summed E-state index contributed by atoms with van der Waals surface area (Å²) in [6.45, 7) is 3.97. The van der Waals surface area contributed by atoms with Gasteiger partial charge in [0.2, 0.25) is 0 Å². The van der Waals surface area contributed by atoms with Gasteiger partial charge >= 0.3 is 12.1 Å². The van der Waals surface area contributed by atoms with Gasteiger partial charge in [-0.05, 0) is 50.4 Å². The van der Waals surface area contributed by atoms with Crippen LogP contribution in [0, 0.1) is 5.92 Å². The highest BCUT2D eigenvalue weighted by Crippen LogP contribution is 2.64. The second kappa shape index (κ2) is 6.68. The van der Waals surface area contributed by atoms with Gasteiger partial charge in [0.1, 0.15) is 11.8 Å².